The molecule has 1 unspecified atom stereocenters. The van der Waals surface area contributed by atoms with Crippen LogP contribution >= 0.6 is 0 Å². The first-order valence-electron chi connectivity index (χ1n) is 5.84. The van der Waals surface area contributed by atoms with Crippen LogP contribution in [0.25, 0.3) is 5.52 Å². The molecule has 3 heterocycles. The van der Waals surface area contributed by atoms with Gasteiger partial charge in [0, 0.05) is 0 Å². The number of rotatable bonds is 2. The second kappa shape index (κ2) is 4.42. The molecule has 4 atom stereocenters. The van der Waals surface area contributed by atoms with Crippen LogP contribution in [0.15, 0.2) is 18.5 Å². The van der Waals surface area contributed by atoms with E-state index in [9.17, 15) is 10.2 Å². The van der Waals surface area contributed by atoms with Gasteiger partial charge in [-0.3, -0.25) is 0 Å². The molecule has 0 saturated carbocycles. The summed E-state index contributed by atoms with van der Waals surface area (Å²) in [7, 11) is 0. The molecule has 0 aromatic carbocycles. The van der Waals surface area contributed by atoms with Gasteiger partial charge in [-0.25, -0.2) is 9.50 Å². The highest BCUT2D eigenvalue weighted by Crippen LogP contribution is 2.34. The number of nitrogen functional groups attached to an aromatic ring is 1. The molecule has 0 amide bonds. The molecule has 3 rings (SSSR count). The van der Waals surface area contributed by atoms with Gasteiger partial charge in [0.25, 0.3) is 0 Å². The third kappa shape index (κ3) is 1.77. The topological polar surface area (TPSA) is 126 Å². The molecule has 102 valence electrons. The van der Waals surface area contributed by atoms with Crippen molar-refractivity contribution in [1.29, 1.82) is 0 Å². The molecular formula is C11H14N4O4. The lowest BCUT2D eigenvalue weighted by atomic mass is 10.1. The fourth-order valence-electron chi connectivity index (χ4n) is 2.33. The zero-order valence-electron chi connectivity index (χ0n) is 9.92. The number of fused-ring (bicyclic) bond motifs is 1. The van der Waals surface area contributed by atoms with Crippen molar-refractivity contribution >= 4 is 11.3 Å². The molecule has 0 spiro atoms. The first-order chi connectivity index (χ1) is 9.13. The number of hydrogen-bond donors (Lipinski definition) is 4. The van der Waals surface area contributed by atoms with Crippen LogP contribution in [-0.2, 0) is 4.74 Å². The minimum atomic E-state index is -1.14. The number of nitrogens with two attached hydrogens (primary N) is 1. The van der Waals surface area contributed by atoms with Gasteiger partial charge in [0.1, 0.15) is 36.3 Å². The molecule has 2 aromatic heterocycles. The number of aliphatic hydroxyl groups is 3. The highest BCUT2D eigenvalue weighted by molar-refractivity contribution is 5.65. The number of nitrogens with zero attached hydrogens (tertiary/aromatic N) is 3. The molecule has 0 bridgehead atoms. The highest BCUT2D eigenvalue weighted by atomic mass is 16.6. The predicted octanol–water partition coefficient (Wildman–Crippen LogP) is -1.53. The number of hydrogen-bond acceptors (Lipinski definition) is 7. The summed E-state index contributed by atoms with van der Waals surface area (Å²) in [5, 5.41) is 32.9. The Bertz CT molecular complexity index is 601. The standard InChI is InChI=1S/C11H14N4O4/c12-11-6-2-1-5(15(6)14-4-13-11)10-9(18)8(17)7(3-16)19-10/h1-2,4,7-10,16-18H,3H2,(H2,12,13,14)/t7?,8-,9-,10-/m1/s1. The summed E-state index contributed by atoms with van der Waals surface area (Å²) in [5.41, 5.74) is 6.86. The van der Waals surface area contributed by atoms with Crippen molar-refractivity contribution in [2.75, 3.05) is 12.3 Å². The lowest BCUT2D eigenvalue weighted by Crippen LogP contribution is -2.32. The third-order valence-corrected chi connectivity index (χ3v) is 3.34. The van der Waals surface area contributed by atoms with Gasteiger partial charge in [-0.2, -0.15) is 5.10 Å². The van der Waals surface area contributed by atoms with Crippen LogP contribution in [-0.4, -0.2) is 54.8 Å². The molecule has 0 radical (unpaired) electrons. The lowest BCUT2D eigenvalue weighted by Gasteiger charge is -2.14. The molecule has 8 nitrogen and oxygen atoms in total. The zero-order valence-corrected chi connectivity index (χ0v) is 9.92. The van der Waals surface area contributed by atoms with Crippen molar-refractivity contribution in [3.63, 3.8) is 0 Å². The van der Waals surface area contributed by atoms with Crippen LogP contribution in [0.4, 0.5) is 5.82 Å². The van der Waals surface area contributed by atoms with E-state index in [1.54, 1.807) is 12.1 Å². The van der Waals surface area contributed by atoms with E-state index in [-0.39, 0.29) is 6.61 Å². The number of ether oxygens (including phenoxy) is 1. The van der Waals surface area contributed by atoms with Gasteiger partial charge in [0.2, 0.25) is 0 Å². The van der Waals surface area contributed by atoms with E-state index in [1.807, 2.05) is 0 Å². The molecule has 1 fully saturated rings. The largest absolute Gasteiger partial charge is 0.394 e. The van der Waals surface area contributed by atoms with Gasteiger partial charge in [-0.05, 0) is 12.1 Å². The summed E-state index contributed by atoms with van der Waals surface area (Å²) >= 11 is 0. The molecule has 0 aliphatic carbocycles. The van der Waals surface area contributed by atoms with Gasteiger partial charge < -0.3 is 25.8 Å². The summed E-state index contributed by atoms with van der Waals surface area (Å²) in [5.74, 6) is 0.313. The summed E-state index contributed by atoms with van der Waals surface area (Å²) in [6.07, 6.45) is -2.56. The number of aromatic nitrogens is 3. The quantitative estimate of drug-likeness (QED) is 0.519. The average Bonchev–Trinajstić information content (AvgIpc) is 2.94. The van der Waals surface area contributed by atoms with Crippen LogP contribution in [0, 0.1) is 0 Å². The SMILES string of the molecule is Nc1ncnn2c([C@H]3OC(CO)[C@@H](O)[C@H]3O)ccc12. The first-order valence-corrected chi connectivity index (χ1v) is 5.84. The molecule has 1 aliphatic rings. The summed E-state index contributed by atoms with van der Waals surface area (Å²) in [6.45, 7) is -0.366. The number of anilines is 1. The average molecular weight is 266 g/mol. The Morgan fingerprint density at radius 1 is 1.32 bits per heavy atom. The minimum Gasteiger partial charge on any atom is -0.394 e. The second-order valence-corrected chi connectivity index (χ2v) is 4.46. The van der Waals surface area contributed by atoms with Crippen LogP contribution in [0.2, 0.25) is 0 Å². The fourth-order valence-corrected chi connectivity index (χ4v) is 2.33. The number of aliphatic hydroxyl groups excluding tert-OH is 3. The summed E-state index contributed by atoms with van der Waals surface area (Å²) in [4.78, 5) is 3.87. The lowest BCUT2D eigenvalue weighted by molar-refractivity contribution is -0.0244. The van der Waals surface area contributed by atoms with Gasteiger partial charge in [-0.15, -0.1) is 0 Å². The second-order valence-electron chi connectivity index (χ2n) is 4.46. The van der Waals surface area contributed by atoms with Crippen molar-refractivity contribution in [3.8, 4) is 0 Å². The first kappa shape index (κ1) is 12.3. The van der Waals surface area contributed by atoms with Gasteiger partial charge in [0.05, 0.1) is 12.3 Å². The van der Waals surface area contributed by atoms with E-state index < -0.39 is 24.4 Å². The normalized spacial score (nSPS) is 31.1. The Morgan fingerprint density at radius 2 is 2.11 bits per heavy atom. The Balaban J connectivity index is 2.04. The van der Waals surface area contributed by atoms with Crippen LogP contribution < -0.4 is 5.73 Å². The van der Waals surface area contributed by atoms with Crippen LogP contribution in [0.3, 0.4) is 0 Å². The van der Waals surface area contributed by atoms with Crippen LogP contribution in [0.5, 0.6) is 0 Å². The van der Waals surface area contributed by atoms with Gasteiger partial charge >= 0.3 is 0 Å². The minimum absolute atomic E-state index is 0.313. The molecular weight excluding hydrogens is 252 g/mol. The Labute approximate surface area is 108 Å². The van der Waals surface area contributed by atoms with E-state index in [0.717, 1.165) is 0 Å². The molecule has 2 aromatic rings. The molecule has 19 heavy (non-hydrogen) atoms. The van der Waals surface area contributed by atoms with E-state index in [0.29, 0.717) is 17.0 Å². The van der Waals surface area contributed by atoms with E-state index in [2.05, 4.69) is 10.1 Å². The smallest absolute Gasteiger partial charge is 0.151 e. The highest BCUT2D eigenvalue weighted by Gasteiger charge is 2.44. The Morgan fingerprint density at radius 3 is 2.79 bits per heavy atom. The van der Waals surface area contributed by atoms with E-state index >= 15 is 0 Å². The van der Waals surface area contributed by atoms with Crippen molar-refractivity contribution in [2.45, 2.75) is 24.4 Å². The van der Waals surface area contributed by atoms with Gasteiger partial charge in [0.15, 0.2) is 5.82 Å². The molecule has 1 aliphatic heterocycles. The van der Waals surface area contributed by atoms with Crippen LogP contribution in [0.1, 0.15) is 11.8 Å². The Kier molecular flexibility index (Phi) is 2.86. The maximum Gasteiger partial charge on any atom is 0.151 e. The Hall–Kier alpha value is -1.74. The summed E-state index contributed by atoms with van der Waals surface area (Å²) < 4.78 is 6.96. The monoisotopic (exact) mass is 266 g/mol. The zero-order chi connectivity index (χ0) is 13.6. The fraction of sp³-hybridized carbons (Fsp3) is 0.455. The van der Waals surface area contributed by atoms with Crippen molar-refractivity contribution in [3.05, 3.63) is 24.2 Å². The molecule has 8 heteroatoms. The van der Waals surface area contributed by atoms with E-state index in [1.165, 1.54) is 10.8 Å². The van der Waals surface area contributed by atoms with Crippen molar-refractivity contribution in [2.24, 2.45) is 0 Å². The summed E-state index contributed by atoms with van der Waals surface area (Å²) in [6, 6.07) is 3.40. The molecule has 5 N–H and O–H groups in total. The van der Waals surface area contributed by atoms with E-state index in [4.69, 9.17) is 15.6 Å². The maximum atomic E-state index is 9.99. The third-order valence-electron chi connectivity index (χ3n) is 3.34. The van der Waals surface area contributed by atoms with Gasteiger partial charge in [-0.1, -0.05) is 0 Å². The maximum absolute atomic E-state index is 9.99. The molecule has 1 saturated heterocycles. The van der Waals surface area contributed by atoms with Crippen molar-refractivity contribution < 1.29 is 20.1 Å². The predicted molar refractivity (Wildman–Crippen MR) is 64.1 cm³/mol. The van der Waals surface area contributed by atoms with Crippen molar-refractivity contribution in [1.82, 2.24) is 14.6 Å².